The van der Waals surface area contributed by atoms with E-state index < -0.39 is 0 Å². The first-order valence-electron chi connectivity index (χ1n) is 9.02. The number of hydrogen-bond donors (Lipinski definition) is 2. The molecule has 2 unspecified atom stereocenters. The van der Waals surface area contributed by atoms with Crippen molar-refractivity contribution in [2.24, 2.45) is 5.92 Å². The van der Waals surface area contributed by atoms with Gasteiger partial charge in [0.25, 0.3) is 5.91 Å². The number of carbonyl (C=O) groups excluding carboxylic acids is 2. The molecule has 2 N–H and O–H groups in total. The smallest absolute Gasteiger partial charge is 0.315 e. The van der Waals surface area contributed by atoms with Gasteiger partial charge in [-0.25, -0.2) is 4.39 Å². The van der Waals surface area contributed by atoms with Crippen LogP contribution >= 0.6 is 0 Å². The number of hydrogen-bond acceptors (Lipinski definition) is 4. The Hall–Kier alpha value is -2.63. The molecule has 2 heterocycles. The van der Waals surface area contributed by atoms with Crippen LogP contribution in [0.4, 0.5) is 10.1 Å². The molecule has 3 aliphatic rings. The number of halogens is 1. The van der Waals surface area contributed by atoms with Crippen LogP contribution in [-0.4, -0.2) is 24.5 Å². The van der Waals surface area contributed by atoms with E-state index in [1.165, 1.54) is 12.1 Å². The molecule has 1 aliphatic carbocycles. The van der Waals surface area contributed by atoms with E-state index in [4.69, 9.17) is 4.74 Å². The number of ether oxygens (including phenoxy) is 1. The van der Waals surface area contributed by atoms with Crippen LogP contribution in [0.25, 0.3) is 5.57 Å². The summed E-state index contributed by atoms with van der Waals surface area (Å²) in [5, 5.41) is 6.20. The van der Waals surface area contributed by atoms with Crippen molar-refractivity contribution in [2.75, 3.05) is 11.9 Å². The third kappa shape index (κ3) is 2.52. The molecule has 0 bridgehead atoms. The first-order valence-corrected chi connectivity index (χ1v) is 9.02. The van der Waals surface area contributed by atoms with Crippen molar-refractivity contribution < 1.29 is 18.7 Å². The first kappa shape index (κ1) is 16.8. The quantitative estimate of drug-likeness (QED) is 0.631. The van der Waals surface area contributed by atoms with Crippen LogP contribution in [0.5, 0.6) is 0 Å². The Morgan fingerprint density at radius 2 is 2.15 bits per heavy atom. The Morgan fingerprint density at radius 3 is 2.92 bits per heavy atom. The summed E-state index contributed by atoms with van der Waals surface area (Å²) in [4.78, 5) is 25.0. The monoisotopic (exact) mass is 356 g/mol. The van der Waals surface area contributed by atoms with E-state index in [0.717, 1.165) is 29.7 Å². The Labute approximate surface area is 151 Å². The SMILES string of the molecule is CCOC(=O)C1C2=C(NC1C)/C(=C1\C(=O)Nc3ccc(F)cc31)CCC2. The third-order valence-corrected chi connectivity index (χ3v) is 5.31. The fourth-order valence-electron chi connectivity index (χ4n) is 4.27. The Bertz CT molecular complexity index is 872. The van der Waals surface area contributed by atoms with Crippen LogP contribution in [-0.2, 0) is 14.3 Å². The fraction of sp³-hybridized carbons (Fsp3) is 0.400. The zero-order chi connectivity index (χ0) is 18.4. The molecule has 4 rings (SSSR count). The number of allylic oxidation sites excluding steroid dienone is 1. The number of esters is 1. The molecule has 1 aromatic carbocycles. The van der Waals surface area contributed by atoms with Gasteiger partial charge in [0, 0.05) is 23.0 Å². The summed E-state index contributed by atoms with van der Waals surface area (Å²) < 4.78 is 19.0. The summed E-state index contributed by atoms with van der Waals surface area (Å²) in [6, 6.07) is 4.22. The van der Waals surface area contributed by atoms with Crippen LogP contribution in [0, 0.1) is 11.7 Å². The Balaban J connectivity index is 1.84. The lowest BCUT2D eigenvalue weighted by molar-refractivity contribution is -0.147. The van der Waals surface area contributed by atoms with Crippen LogP contribution in [0.2, 0.25) is 0 Å². The molecule has 2 atom stereocenters. The van der Waals surface area contributed by atoms with Crippen molar-refractivity contribution in [2.45, 2.75) is 39.2 Å². The van der Waals surface area contributed by atoms with E-state index in [1.807, 2.05) is 6.92 Å². The molecule has 6 heteroatoms. The fourth-order valence-corrected chi connectivity index (χ4v) is 4.27. The van der Waals surface area contributed by atoms with Crippen molar-refractivity contribution >= 4 is 23.1 Å². The molecule has 0 saturated heterocycles. The van der Waals surface area contributed by atoms with Gasteiger partial charge in [-0.05, 0) is 62.5 Å². The molecule has 0 spiro atoms. The van der Waals surface area contributed by atoms with E-state index in [-0.39, 0.29) is 29.7 Å². The number of carbonyl (C=O) groups is 2. The van der Waals surface area contributed by atoms with Gasteiger partial charge in [0.05, 0.1) is 18.1 Å². The normalized spacial score (nSPS) is 27.0. The zero-order valence-electron chi connectivity index (χ0n) is 14.8. The maximum atomic E-state index is 13.8. The summed E-state index contributed by atoms with van der Waals surface area (Å²) >= 11 is 0. The number of fused-ring (bicyclic) bond motifs is 1. The minimum Gasteiger partial charge on any atom is -0.465 e. The van der Waals surface area contributed by atoms with Crippen molar-refractivity contribution in [1.82, 2.24) is 5.32 Å². The second kappa shape index (κ2) is 6.27. The van der Waals surface area contributed by atoms with Gasteiger partial charge < -0.3 is 15.4 Å². The average Bonchev–Trinajstić information content (AvgIpc) is 3.10. The summed E-state index contributed by atoms with van der Waals surface area (Å²) in [5.74, 6) is -1.16. The number of benzene rings is 1. The predicted molar refractivity (Wildman–Crippen MR) is 95.5 cm³/mol. The highest BCUT2D eigenvalue weighted by molar-refractivity contribution is 6.32. The molecule has 136 valence electrons. The van der Waals surface area contributed by atoms with Crippen LogP contribution in [0.15, 0.2) is 35.0 Å². The molecule has 1 aromatic rings. The lowest BCUT2D eigenvalue weighted by atomic mass is 9.83. The van der Waals surface area contributed by atoms with Gasteiger partial charge in [0.1, 0.15) is 5.82 Å². The maximum absolute atomic E-state index is 13.8. The number of nitrogens with one attached hydrogen (secondary N) is 2. The molecule has 0 aromatic heterocycles. The summed E-state index contributed by atoms with van der Waals surface area (Å²) in [5.41, 5.74) is 4.46. The second-order valence-electron chi connectivity index (χ2n) is 6.91. The van der Waals surface area contributed by atoms with E-state index in [1.54, 1.807) is 13.0 Å². The van der Waals surface area contributed by atoms with Crippen molar-refractivity contribution in [3.8, 4) is 0 Å². The van der Waals surface area contributed by atoms with E-state index in [9.17, 15) is 14.0 Å². The highest BCUT2D eigenvalue weighted by Gasteiger charge is 2.42. The largest absolute Gasteiger partial charge is 0.465 e. The highest BCUT2D eigenvalue weighted by atomic mass is 19.1. The number of amides is 1. The highest BCUT2D eigenvalue weighted by Crippen LogP contribution is 2.45. The van der Waals surface area contributed by atoms with Gasteiger partial charge in [0.15, 0.2) is 0 Å². The first-order chi connectivity index (χ1) is 12.5. The molecule has 1 amide bonds. The average molecular weight is 356 g/mol. The number of anilines is 1. The number of rotatable bonds is 2. The topological polar surface area (TPSA) is 67.4 Å². The van der Waals surface area contributed by atoms with Crippen LogP contribution < -0.4 is 10.6 Å². The molecule has 0 radical (unpaired) electrons. The Morgan fingerprint density at radius 1 is 1.35 bits per heavy atom. The van der Waals surface area contributed by atoms with Crippen molar-refractivity contribution in [3.63, 3.8) is 0 Å². The molecular weight excluding hydrogens is 335 g/mol. The molecule has 2 aliphatic heterocycles. The summed E-state index contributed by atoms with van der Waals surface area (Å²) in [7, 11) is 0. The molecular formula is C20H21FN2O3. The standard InChI is InChI=1S/C20H21FN2O3/c1-3-26-20(25)16-10(2)22-18-12(16)5-4-6-13(18)17-14-9-11(21)7-8-15(14)23-19(17)24/h7-10,16,22H,3-6H2,1-2H3,(H,23,24)/b17-13-. The lowest BCUT2D eigenvalue weighted by Gasteiger charge is -2.21. The van der Waals surface area contributed by atoms with Gasteiger partial charge >= 0.3 is 5.97 Å². The van der Waals surface area contributed by atoms with Gasteiger partial charge in [-0.15, -0.1) is 0 Å². The predicted octanol–water partition coefficient (Wildman–Crippen LogP) is 3.14. The molecule has 5 nitrogen and oxygen atoms in total. The lowest BCUT2D eigenvalue weighted by Crippen LogP contribution is -2.32. The second-order valence-corrected chi connectivity index (χ2v) is 6.91. The van der Waals surface area contributed by atoms with Crippen LogP contribution in [0.1, 0.15) is 38.7 Å². The molecule has 26 heavy (non-hydrogen) atoms. The van der Waals surface area contributed by atoms with Crippen LogP contribution in [0.3, 0.4) is 0 Å². The van der Waals surface area contributed by atoms with Gasteiger partial charge in [-0.3, -0.25) is 9.59 Å². The van der Waals surface area contributed by atoms with Gasteiger partial charge in [-0.1, -0.05) is 0 Å². The molecule has 0 fully saturated rings. The van der Waals surface area contributed by atoms with E-state index >= 15 is 0 Å². The minimum absolute atomic E-state index is 0.0933. The Kier molecular flexibility index (Phi) is 4.05. The zero-order valence-corrected chi connectivity index (χ0v) is 14.8. The molecule has 0 saturated carbocycles. The summed E-state index contributed by atoms with van der Waals surface area (Å²) in [6.45, 7) is 4.08. The summed E-state index contributed by atoms with van der Waals surface area (Å²) in [6.07, 6.45) is 2.36. The van der Waals surface area contributed by atoms with E-state index in [0.29, 0.717) is 29.9 Å². The minimum atomic E-state index is -0.375. The maximum Gasteiger partial charge on any atom is 0.315 e. The van der Waals surface area contributed by atoms with Gasteiger partial charge in [0.2, 0.25) is 0 Å². The van der Waals surface area contributed by atoms with Gasteiger partial charge in [-0.2, -0.15) is 0 Å². The van der Waals surface area contributed by atoms with Crippen molar-refractivity contribution in [3.05, 3.63) is 46.4 Å². The van der Waals surface area contributed by atoms with E-state index in [2.05, 4.69) is 10.6 Å². The van der Waals surface area contributed by atoms with Crippen molar-refractivity contribution in [1.29, 1.82) is 0 Å². The third-order valence-electron chi connectivity index (χ3n) is 5.31.